The summed E-state index contributed by atoms with van der Waals surface area (Å²) in [4.78, 5) is 4.46. The van der Waals surface area contributed by atoms with E-state index in [-0.39, 0.29) is 15.8 Å². The lowest BCUT2D eigenvalue weighted by molar-refractivity contribution is 0.601. The highest BCUT2D eigenvalue weighted by Gasteiger charge is 2.17. The predicted octanol–water partition coefficient (Wildman–Crippen LogP) is 4.90. The molecule has 0 aliphatic carbocycles. The monoisotopic (exact) mass is 384 g/mol. The van der Waals surface area contributed by atoms with Crippen LogP contribution >= 0.6 is 11.3 Å². The lowest BCUT2D eigenvalue weighted by Crippen LogP contribution is -2.12. The molecule has 7 heteroatoms. The number of hydrogen-bond donors (Lipinski definition) is 1. The number of nitrogens with zero attached hydrogens (tertiary/aromatic N) is 1. The van der Waals surface area contributed by atoms with Crippen LogP contribution in [0.5, 0.6) is 0 Å². The summed E-state index contributed by atoms with van der Waals surface area (Å²) in [5, 5.41) is 3.81. The Morgan fingerprint density at radius 3 is 2.42 bits per heavy atom. The average molecular weight is 384 g/mol. The quantitative estimate of drug-likeness (QED) is 0.544. The molecule has 0 saturated heterocycles. The number of nitrogens with one attached hydrogen (secondary N) is 1. The number of thiazole rings is 1. The van der Waals surface area contributed by atoms with Crippen molar-refractivity contribution in [3.8, 4) is 11.3 Å². The second kappa shape index (κ2) is 6.51. The number of halogens is 1. The van der Waals surface area contributed by atoms with Crippen molar-refractivity contribution < 1.29 is 12.8 Å². The second-order valence-corrected chi connectivity index (χ2v) is 8.20. The van der Waals surface area contributed by atoms with Crippen molar-refractivity contribution in [3.05, 3.63) is 77.9 Å². The number of sulfonamides is 1. The van der Waals surface area contributed by atoms with Crippen LogP contribution in [-0.4, -0.2) is 13.4 Å². The number of fused-ring (bicyclic) bond motifs is 1. The van der Waals surface area contributed by atoms with Gasteiger partial charge < -0.3 is 0 Å². The molecule has 4 aromatic rings. The Hall–Kier alpha value is -2.77. The van der Waals surface area contributed by atoms with Gasteiger partial charge in [-0.1, -0.05) is 30.3 Å². The fourth-order valence-corrected chi connectivity index (χ4v) is 4.59. The Morgan fingerprint density at radius 2 is 1.65 bits per heavy atom. The topological polar surface area (TPSA) is 59.1 Å². The highest BCUT2D eigenvalue weighted by molar-refractivity contribution is 7.93. The van der Waals surface area contributed by atoms with Crippen molar-refractivity contribution in [2.45, 2.75) is 4.90 Å². The first-order chi connectivity index (χ1) is 12.5. The minimum atomic E-state index is -3.74. The van der Waals surface area contributed by atoms with Gasteiger partial charge in [0, 0.05) is 10.9 Å². The number of aromatic nitrogens is 1. The minimum Gasteiger partial charge on any atom is -0.255 e. The summed E-state index contributed by atoms with van der Waals surface area (Å²) in [7, 11) is -3.74. The smallest absolute Gasteiger partial charge is 0.255 e. The van der Waals surface area contributed by atoms with Crippen LogP contribution in [0.3, 0.4) is 0 Å². The van der Waals surface area contributed by atoms with E-state index in [2.05, 4.69) is 9.71 Å². The molecule has 0 amide bonds. The van der Waals surface area contributed by atoms with Crippen LogP contribution in [0.1, 0.15) is 0 Å². The third-order valence-electron chi connectivity index (χ3n) is 3.90. The Balaban J connectivity index is 1.62. The molecule has 0 atom stereocenters. The average Bonchev–Trinajstić information content (AvgIpc) is 3.09. The van der Waals surface area contributed by atoms with E-state index in [4.69, 9.17) is 0 Å². The lowest BCUT2D eigenvalue weighted by Gasteiger charge is -2.06. The number of hydrogen-bond acceptors (Lipinski definition) is 4. The van der Waals surface area contributed by atoms with Crippen LogP contribution in [0.2, 0.25) is 0 Å². The second-order valence-electron chi connectivity index (χ2n) is 5.66. The van der Waals surface area contributed by atoms with E-state index >= 15 is 0 Å². The van der Waals surface area contributed by atoms with Crippen LogP contribution in [0, 0.1) is 5.82 Å². The number of rotatable bonds is 4. The summed E-state index contributed by atoms with van der Waals surface area (Å²) in [6, 6.07) is 18.4. The largest absolute Gasteiger partial charge is 0.263 e. The van der Waals surface area contributed by atoms with E-state index in [1.165, 1.54) is 23.5 Å². The molecule has 3 aromatic carbocycles. The maximum Gasteiger partial charge on any atom is 0.263 e. The van der Waals surface area contributed by atoms with Gasteiger partial charge in [0.25, 0.3) is 10.0 Å². The van der Waals surface area contributed by atoms with Crippen molar-refractivity contribution in [1.29, 1.82) is 0 Å². The molecule has 0 spiro atoms. The van der Waals surface area contributed by atoms with E-state index in [1.807, 2.05) is 24.3 Å². The van der Waals surface area contributed by atoms with Crippen LogP contribution in [0.4, 0.5) is 9.52 Å². The maximum absolute atomic E-state index is 13.0. The van der Waals surface area contributed by atoms with Gasteiger partial charge in [0.05, 0.1) is 10.6 Å². The molecule has 4 nitrogen and oxygen atoms in total. The molecule has 130 valence electrons. The van der Waals surface area contributed by atoms with Gasteiger partial charge in [0.15, 0.2) is 5.13 Å². The van der Waals surface area contributed by atoms with E-state index in [1.54, 1.807) is 35.7 Å². The standard InChI is InChI=1S/C19H13FN2O2S2/c20-16-8-5-14(6-9-16)18-12-25-19(21-18)22-26(23,24)17-10-7-13-3-1-2-4-15(13)11-17/h1-12H,(H,21,22). The molecule has 0 radical (unpaired) electrons. The summed E-state index contributed by atoms with van der Waals surface area (Å²) in [6.07, 6.45) is 0. The normalized spacial score (nSPS) is 11.6. The third-order valence-corrected chi connectivity index (χ3v) is 6.12. The molecule has 0 unspecified atom stereocenters. The first-order valence-corrected chi connectivity index (χ1v) is 10.1. The van der Waals surface area contributed by atoms with Crippen molar-refractivity contribution in [3.63, 3.8) is 0 Å². The first kappa shape index (κ1) is 16.7. The van der Waals surface area contributed by atoms with E-state index in [9.17, 15) is 12.8 Å². The zero-order chi connectivity index (χ0) is 18.1. The Kier molecular flexibility index (Phi) is 4.18. The van der Waals surface area contributed by atoms with Crippen LogP contribution < -0.4 is 4.72 Å². The third kappa shape index (κ3) is 3.31. The van der Waals surface area contributed by atoms with Crippen molar-refractivity contribution >= 4 is 37.3 Å². The van der Waals surface area contributed by atoms with Gasteiger partial charge in [0.2, 0.25) is 0 Å². The minimum absolute atomic E-state index is 0.176. The fourth-order valence-electron chi connectivity index (χ4n) is 2.58. The molecule has 1 N–H and O–H groups in total. The molecule has 1 heterocycles. The van der Waals surface area contributed by atoms with Gasteiger partial charge in [-0.2, -0.15) is 0 Å². The molecule has 26 heavy (non-hydrogen) atoms. The molecule has 0 saturated carbocycles. The van der Waals surface area contributed by atoms with Crippen molar-refractivity contribution in [2.24, 2.45) is 0 Å². The molecule has 1 aromatic heterocycles. The fraction of sp³-hybridized carbons (Fsp3) is 0. The van der Waals surface area contributed by atoms with Crippen LogP contribution in [-0.2, 0) is 10.0 Å². The zero-order valence-corrected chi connectivity index (χ0v) is 15.0. The Labute approximate surface area is 154 Å². The van der Waals surface area contributed by atoms with Crippen LogP contribution in [0.15, 0.2) is 77.0 Å². The van der Waals surface area contributed by atoms with Gasteiger partial charge in [-0.05, 0) is 47.2 Å². The zero-order valence-electron chi connectivity index (χ0n) is 13.4. The first-order valence-electron chi connectivity index (χ1n) is 7.74. The molecule has 0 aliphatic rings. The van der Waals surface area contributed by atoms with Gasteiger partial charge in [0.1, 0.15) is 5.82 Å². The molecule has 0 aliphatic heterocycles. The molecule has 0 fully saturated rings. The predicted molar refractivity (Wildman–Crippen MR) is 102 cm³/mol. The number of benzene rings is 3. The summed E-state index contributed by atoms with van der Waals surface area (Å²) < 4.78 is 40.8. The van der Waals surface area contributed by atoms with Crippen molar-refractivity contribution in [1.82, 2.24) is 4.98 Å². The van der Waals surface area contributed by atoms with Crippen LogP contribution in [0.25, 0.3) is 22.0 Å². The maximum atomic E-state index is 13.0. The summed E-state index contributed by atoms with van der Waals surface area (Å²) >= 11 is 1.18. The van der Waals surface area contributed by atoms with E-state index < -0.39 is 10.0 Å². The van der Waals surface area contributed by atoms with E-state index in [0.717, 1.165) is 16.3 Å². The molecule has 0 bridgehead atoms. The Bertz CT molecular complexity index is 1190. The van der Waals surface area contributed by atoms with Gasteiger partial charge in [-0.15, -0.1) is 11.3 Å². The van der Waals surface area contributed by atoms with Gasteiger partial charge >= 0.3 is 0 Å². The van der Waals surface area contributed by atoms with Gasteiger partial charge in [-0.25, -0.2) is 17.8 Å². The lowest BCUT2D eigenvalue weighted by atomic mass is 10.1. The summed E-state index contributed by atoms with van der Waals surface area (Å²) in [5.41, 5.74) is 1.31. The number of anilines is 1. The Morgan fingerprint density at radius 1 is 0.923 bits per heavy atom. The van der Waals surface area contributed by atoms with Gasteiger partial charge in [-0.3, -0.25) is 4.72 Å². The summed E-state index contributed by atoms with van der Waals surface area (Å²) in [6.45, 7) is 0. The van der Waals surface area contributed by atoms with E-state index in [0.29, 0.717) is 5.69 Å². The SMILES string of the molecule is O=S(=O)(Nc1nc(-c2ccc(F)cc2)cs1)c1ccc2ccccc2c1. The highest BCUT2D eigenvalue weighted by Crippen LogP contribution is 2.27. The molecule has 4 rings (SSSR count). The molecular formula is C19H13FN2O2S2. The highest BCUT2D eigenvalue weighted by atomic mass is 32.2. The molecular weight excluding hydrogens is 371 g/mol. The van der Waals surface area contributed by atoms with Crippen molar-refractivity contribution in [2.75, 3.05) is 4.72 Å². The summed E-state index contributed by atoms with van der Waals surface area (Å²) in [5.74, 6) is -0.332.